The van der Waals surface area contributed by atoms with E-state index in [1.54, 1.807) is 6.92 Å². The van der Waals surface area contributed by atoms with E-state index >= 15 is 0 Å². The summed E-state index contributed by atoms with van der Waals surface area (Å²) < 4.78 is 23.0. The van der Waals surface area contributed by atoms with Gasteiger partial charge in [0.25, 0.3) is 0 Å². The molecule has 6 nitrogen and oxygen atoms in total. The molecule has 0 spiro atoms. The molecular weight excluding hydrogens is 266 g/mol. The summed E-state index contributed by atoms with van der Waals surface area (Å²) in [6.45, 7) is 4.91. The molecule has 3 N–H and O–H groups in total. The molecular formula is C12H25N3O3S. The predicted octanol–water partition coefficient (Wildman–Crippen LogP) is -0.651. The zero-order valence-electron chi connectivity index (χ0n) is 12.0. The Balaban J connectivity index is 2.66. The van der Waals surface area contributed by atoms with Crippen LogP contribution in [0.4, 0.5) is 0 Å². The fourth-order valence-corrected chi connectivity index (χ4v) is 4.18. The zero-order chi connectivity index (χ0) is 14.7. The summed E-state index contributed by atoms with van der Waals surface area (Å²) in [7, 11) is -1.06. The molecule has 112 valence electrons. The van der Waals surface area contributed by atoms with Crippen molar-refractivity contribution in [3.8, 4) is 0 Å². The lowest BCUT2D eigenvalue weighted by atomic mass is 9.99. The van der Waals surface area contributed by atoms with Crippen LogP contribution < -0.4 is 11.1 Å². The highest BCUT2D eigenvalue weighted by atomic mass is 32.2. The molecule has 2 unspecified atom stereocenters. The second-order valence-corrected chi connectivity index (χ2v) is 7.82. The number of nitrogens with two attached hydrogens (primary N) is 1. The van der Waals surface area contributed by atoms with E-state index in [2.05, 4.69) is 5.32 Å². The minimum Gasteiger partial charge on any atom is -0.368 e. The molecule has 1 heterocycles. The predicted molar refractivity (Wildman–Crippen MR) is 75.6 cm³/mol. The van der Waals surface area contributed by atoms with Crippen LogP contribution in [0, 0.1) is 0 Å². The van der Waals surface area contributed by atoms with E-state index in [0.717, 1.165) is 6.42 Å². The van der Waals surface area contributed by atoms with E-state index in [1.165, 1.54) is 0 Å². The Hall–Kier alpha value is -0.660. The standard InChI is InChI=1S/C12H25N3O3S/c1-4-6-14-12(2,11(13)16)9-15(3)10-5-7-19(17,18)8-10/h10,14H,4-9H2,1-3H3,(H2,13,16). The molecule has 0 radical (unpaired) electrons. The number of sulfone groups is 1. The van der Waals surface area contributed by atoms with Gasteiger partial charge in [-0.25, -0.2) is 8.42 Å². The molecule has 1 rings (SSSR count). The zero-order valence-corrected chi connectivity index (χ0v) is 12.8. The fraction of sp³-hybridized carbons (Fsp3) is 0.917. The van der Waals surface area contributed by atoms with Gasteiger partial charge in [-0.3, -0.25) is 4.79 Å². The molecule has 0 aliphatic carbocycles. The molecule has 19 heavy (non-hydrogen) atoms. The number of amides is 1. The Morgan fingerprint density at radius 2 is 2.16 bits per heavy atom. The first-order chi connectivity index (χ1) is 8.70. The van der Waals surface area contributed by atoms with Crippen LogP contribution in [-0.2, 0) is 14.6 Å². The van der Waals surface area contributed by atoms with Crippen LogP contribution in [-0.4, -0.2) is 62.4 Å². The number of nitrogens with zero attached hydrogens (tertiary/aromatic N) is 1. The Labute approximate surface area is 115 Å². The summed E-state index contributed by atoms with van der Waals surface area (Å²) in [5.74, 6) is -0.00211. The third kappa shape index (κ3) is 4.43. The van der Waals surface area contributed by atoms with E-state index in [4.69, 9.17) is 5.73 Å². The topological polar surface area (TPSA) is 92.5 Å². The van der Waals surface area contributed by atoms with E-state index in [0.29, 0.717) is 19.5 Å². The monoisotopic (exact) mass is 291 g/mol. The molecule has 7 heteroatoms. The summed E-state index contributed by atoms with van der Waals surface area (Å²) in [6.07, 6.45) is 1.53. The molecule has 0 saturated carbocycles. The summed E-state index contributed by atoms with van der Waals surface area (Å²) in [5, 5.41) is 3.15. The number of carbonyl (C=O) groups excluding carboxylic acids is 1. The maximum atomic E-state index is 11.6. The van der Waals surface area contributed by atoms with Crippen LogP contribution in [0.3, 0.4) is 0 Å². The summed E-state index contributed by atoms with van der Waals surface area (Å²) in [4.78, 5) is 13.5. The number of hydrogen-bond donors (Lipinski definition) is 2. The fourth-order valence-electron chi connectivity index (χ4n) is 2.37. The molecule has 0 aromatic heterocycles. The van der Waals surface area contributed by atoms with Crippen LogP contribution in [0.2, 0.25) is 0 Å². The van der Waals surface area contributed by atoms with Crippen molar-refractivity contribution in [3.63, 3.8) is 0 Å². The number of hydrogen-bond acceptors (Lipinski definition) is 5. The molecule has 1 fully saturated rings. The van der Waals surface area contributed by atoms with Crippen molar-refractivity contribution < 1.29 is 13.2 Å². The minimum atomic E-state index is -2.91. The molecule has 2 atom stereocenters. The number of likely N-dealkylation sites (N-methyl/N-ethyl adjacent to an activating group) is 1. The molecule has 0 aromatic carbocycles. The Bertz CT molecular complexity index is 424. The first-order valence-corrected chi connectivity index (χ1v) is 8.48. The van der Waals surface area contributed by atoms with Crippen LogP contribution in [0.25, 0.3) is 0 Å². The first kappa shape index (κ1) is 16.4. The average Bonchev–Trinajstić information content (AvgIpc) is 2.67. The van der Waals surface area contributed by atoms with Gasteiger partial charge in [-0.2, -0.15) is 0 Å². The van der Waals surface area contributed by atoms with Crippen molar-refractivity contribution in [3.05, 3.63) is 0 Å². The number of rotatable bonds is 7. The quantitative estimate of drug-likeness (QED) is 0.650. The summed E-state index contributed by atoms with van der Waals surface area (Å²) in [5.41, 5.74) is 4.64. The lowest BCUT2D eigenvalue weighted by Gasteiger charge is -2.34. The van der Waals surface area contributed by atoms with Crippen molar-refractivity contribution in [2.24, 2.45) is 5.73 Å². The van der Waals surface area contributed by atoms with E-state index in [-0.39, 0.29) is 17.5 Å². The largest absolute Gasteiger partial charge is 0.368 e. The average molecular weight is 291 g/mol. The highest BCUT2D eigenvalue weighted by Crippen LogP contribution is 2.18. The number of primary amides is 1. The van der Waals surface area contributed by atoms with Crippen LogP contribution >= 0.6 is 0 Å². The van der Waals surface area contributed by atoms with Crippen LogP contribution in [0.5, 0.6) is 0 Å². The smallest absolute Gasteiger partial charge is 0.238 e. The maximum absolute atomic E-state index is 11.6. The van der Waals surface area contributed by atoms with E-state index in [9.17, 15) is 13.2 Å². The van der Waals surface area contributed by atoms with Gasteiger partial charge in [-0.05, 0) is 33.4 Å². The van der Waals surface area contributed by atoms with Crippen molar-refractivity contribution in [1.29, 1.82) is 0 Å². The van der Waals surface area contributed by atoms with Crippen LogP contribution in [0.1, 0.15) is 26.7 Å². The van der Waals surface area contributed by atoms with Gasteiger partial charge in [-0.15, -0.1) is 0 Å². The van der Waals surface area contributed by atoms with Crippen molar-refractivity contribution in [2.45, 2.75) is 38.3 Å². The molecule has 0 bridgehead atoms. The number of carbonyl (C=O) groups is 1. The van der Waals surface area contributed by atoms with Gasteiger partial charge >= 0.3 is 0 Å². The van der Waals surface area contributed by atoms with Crippen molar-refractivity contribution in [2.75, 3.05) is 31.6 Å². The maximum Gasteiger partial charge on any atom is 0.238 e. The Morgan fingerprint density at radius 1 is 1.53 bits per heavy atom. The highest BCUT2D eigenvalue weighted by molar-refractivity contribution is 7.91. The van der Waals surface area contributed by atoms with Gasteiger partial charge in [0, 0.05) is 12.6 Å². The minimum absolute atomic E-state index is 0.0212. The normalized spacial score (nSPS) is 25.4. The van der Waals surface area contributed by atoms with E-state index in [1.807, 2.05) is 18.9 Å². The lowest BCUT2D eigenvalue weighted by molar-refractivity contribution is -0.124. The molecule has 1 aliphatic heterocycles. The van der Waals surface area contributed by atoms with Gasteiger partial charge in [0.15, 0.2) is 9.84 Å². The second-order valence-electron chi connectivity index (χ2n) is 5.60. The SMILES string of the molecule is CCCNC(C)(CN(C)C1CCS(=O)(=O)C1)C(N)=O. The summed E-state index contributed by atoms with van der Waals surface area (Å²) in [6, 6.07) is -0.0212. The van der Waals surface area contributed by atoms with Crippen molar-refractivity contribution >= 4 is 15.7 Å². The molecule has 1 saturated heterocycles. The van der Waals surface area contributed by atoms with Gasteiger partial charge in [-0.1, -0.05) is 6.92 Å². The Kier molecular flexibility index (Phi) is 5.34. The third-order valence-electron chi connectivity index (χ3n) is 3.71. The van der Waals surface area contributed by atoms with E-state index < -0.39 is 21.3 Å². The molecule has 1 aliphatic rings. The van der Waals surface area contributed by atoms with Gasteiger partial charge in [0.2, 0.25) is 5.91 Å². The van der Waals surface area contributed by atoms with Gasteiger partial charge < -0.3 is 16.0 Å². The molecule has 1 amide bonds. The Morgan fingerprint density at radius 3 is 2.58 bits per heavy atom. The summed E-state index contributed by atoms with van der Waals surface area (Å²) >= 11 is 0. The second kappa shape index (κ2) is 6.19. The van der Waals surface area contributed by atoms with Gasteiger partial charge in [0.05, 0.1) is 11.5 Å². The number of nitrogens with one attached hydrogen (secondary N) is 1. The third-order valence-corrected chi connectivity index (χ3v) is 5.46. The lowest BCUT2D eigenvalue weighted by Crippen LogP contribution is -2.60. The molecule has 0 aromatic rings. The van der Waals surface area contributed by atoms with Gasteiger partial charge in [0.1, 0.15) is 5.54 Å². The van der Waals surface area contributed by atoms with Crippen molar-refractivity contribution in [1.82, 2.24) is 10.2 Å². The van der Waals surface area contributed by atoms with Crippen LogP contribution in [0.15, 0.2) is 0 Å². The first-order valence-electron chi connectivity index (χ1n) is 6.66. The highest BCUT2D eigenvalue weighted by Gasteiger charge is 2.37.